The van der Waals surface area contributed by atoms with Crippen LogP contribution in [0.2, 0.25) is 5.02 Å². The van der Waals surface area contributed by atoms with E-state index in [4.69, 9.17) is 16.3 Å². The summed E-state index contributed by atoms with van der Waals surface area (Å²) in [5.74, 6) is 0.341. The Labute approximate surface area is 134 Å². The minimum atomic E-state index is -0.649. The summed E-state index contributed by atoms with van der Waals surface area (Å²) >= 11 is 6.07. The predicted molar refractivity (Wildman–Crippen MR) is 85.8 cm³/mol. The van der Waals surface area contributed by atoms with Crippen LogP contribution in [0.1, 0.15) is 11.7 Å². The molecule has 2 aromatic carbocycles. The van der Waals surface area contributed by atoms with Gasteiger partial charge in [0.05, 0.1) is 6.10 Å². The molecule has 0 amide bonds. The molecule has 0 radical (unpaired) electrons. The van der Waals surface area contributed by atoms with Gasteiger partial charge in [0.25, 0.3) is 0 Å². The van der Waals surface area contributed by atoms with Crippen LogP contribution in [0.25, 0.3) is 0 Å². The van der Waals surface area contributed by atoms with E-state index in [1.54, 1.807) is 18.2 Å². The third kappa shape index (κ3) is 4.98. The van der Waals surface area contributed by atoms with E-state index >= 15 is 0 Å². The van der Waals surface area contributed by atoms with Crippen molar-refractivity contribution in [2.75, 3.05) is 26.7 Å². The number of halogens is 2. The van der Waals surface area contributed by atoms with Crippen LogP contribution in [0.15, 0.2) is 48.5 Å². The van der Waals surface area contributed by atoms with Crippen molar-refractivity contribution in [3.63, 3.8) is 0 Å². The molecule has 5 heteroatoms. The number of ether oxygens (including phenoxy) is 1. The second-order valence-corrected chi connectivity index (χ2v) is 5.51. The van der Waals surface area contributed by atoms with Gasteiger partial charge in [-0.1, -0.05) is 29.8 Å². The van der Waals surface area contributed by atoms with Gasteiger partial charge in [0, 0.05) is 23.7 Å². The fourth-order valence-corrected chi connectivity index (χ4v) is 2.34. The number of likely N-dealkylation sites (N-methyl/N-ethyl adjacent to an activating group) is 1. The summed E-state index contributed by atoms with van der Waals surface area (Å²) in [6.45, 7) is 1.55. The van der Waals surface area contributed by atoms with E-state index in [1.807, 2.05) is 30.1 Å². The Kier molecular flexibility index (Phi) is 6.19. The van der Waals surface area contributed by atoms with Crippen molar-refractivity contribution >= 4 is 11.6 Å². The highest BCUT2D eigenvalue weighted by Crippen LogP contribution is 2.22. The zero-order chi connectivity index (χ0) is 15.9. The standard InChI is InChI=1S/C17H19ClFNO2/c1-20(10-11-22-14-8-6-13(19)7-9-14)12-17(21)15-4-2-3-5-16(15)18/h2-9,17,21H,10-12H2,1H3/t17-/m0/s1. The lowest BCUT2D eigenvalue weighted by molar-refractivity contribution is 0.118. The molecule has 3 nitrogen and oxygen atoms in total. The molecule has 0 aromatic heterocycles. The maximum Gasteiger partial charge on any atom is 0.123 e. The van der Waals surface area contributed by atoms with Gasteiger partial charge in [0.15, 0.2) is 0 Å². The van der Waals surface area contributed by atoms with Crippen LogP contribution in [0, 0.1) is 5.82 Å². The summed E-state index contributed by atoms with van der Waals surface area (Å²) in [6.07, 6.45) is -0.649. The van der Waals surface area contributed by atoms with Crippen LogP contribution in [0.4, 0.5) is 4.39 Å². The number of hydrogen-bond donors (Lipinski definition) is 1. The summed E-state index contributed by atoms with van der Waals surface area (Å²) in [4.78, 5) is 1.96. The minimum absolute atomic E-state index is 0.285. The van der Waals surface area contributed by atoms with Gasteiger partial charge in [0.1, 0.15) is 18.2 Å². The quantitative estimate of drug-likeness (QED) is 0.846. The minimum Gasteiger partial charge on any atom is -0.492 e. The molecular weight excluding hydrogens is 305 g/mol. The predicted octanol–water partition coefficient (Wildman–Crippen LogP) is 3.52. The average molecular weight is 324 g/mol. The fourth-order valence-electron chi connectivity index (χ4n) is 2.08. The van der Waals surface area contributed by atoms with E-state index in [0.29, 0.717) is 30.5 Å². The summed E-state index contributed by atoms with van der Waals surface area (Å²) in [5.41, 5.74) is 0.718. The van der Waals surface area contributed by atoms with Gasteiger partial charge in [-0.15, -0.1) is 0 Å². The topological polar surface area (TPSA) is 32.7 Å². The first-order valence-corrected chi connectivity index (χ1v) is 7.43. The number of aliphatic hydroxyl groups is 1. The number of nitrogens with zero attached hydrogens (tertiary/aromatic N) is 1. The van der Waals surface area contributed by atoms with E-state index in [-0.39, 0.29) is 5.82 Å². The van der Waals surface area contributed by atoms with Gasteiger partial charge in [-0.25, -0.2) is 4.39 Å². The smallest absolute Gasteiger partial charge is 0.123 e. The first-order valence-electron chi connectivity index (χ1n) is 7.05. The molecule has 0 aliphatic heterocycles. The molecule has 0 aliphatic carbocycles. The lowest BCUT2D eigenvalue weighted by Gasteiger charge is -2.21. The van der Waals surface area contributed by atoms with Gasteiger partial charge in [0.2, 0.25) is 0 Å². The molecule has 0 aliphatic rings. The highest BCUT2D eigenvalue weighted by atomic mass is 35.5. The summed E-state index contributed by atoms with van der Waals surface area (Å²) < 4.78 is 18.3. The van der Waals surface area contributed by atoms with E-state index in [2.05, 4.69) is 0 Å². The molecule has 0 saturated carbocycles. The summed E-state index contributed by atoms with van der Waals surface area (Å²) in [5, 5.41) is 10.8. The highest BCUT2D eigenvalue weighted by molar-refractivity contribution is 6.31. The largest absolute Gasteiger partial charge is 0.492 e. The number of rotatable bonds is 7. The molecule has 0 unspecified atom stereocenters. The van der Waals surface area contributed by atoms with Crippen molar-refractivity contribution in [1.82, 2.24) is 4.90 Å². The number of aliphatic hydroxyl groups excluding tert-OH is 1. The normalized spacial score (nSPS) is 12.4. The third-order valence-corrected chi connectivity index (χ3v) is 3.65. The second kappa shape index (κ2) is 8.13. The molecule has 1 N–H and O–H groups in total. The Morgan fingerprint density at radius 3 is 2.55 bits per heavy atom. The molecule has 1 atom stereocenters. The van der Waals surface area contributed by atoms with E-state index < -0.39 is 6.10 Å². The number of benzene rings is 2. The van der Waals surface area contributed by atoms with Crippen LogP contribution in [0.3, 0.4) is 0 Å². The van der Waals surface area contributed by atoms with Gasteiger partial charge in [-0.3, -0.25) is 0 Å². The van der Waals surface area contributed by atoms with Crippen LogP contribution in [0.5, 0.6) is 5.75 Å². The third-order valence-electron chi connectivity index (χ3n) is 3.30. The Hall–Kier alpha value is -1.62. The van der Waals surface area contributed by atoms with Crippen molar-refractivity contribution in [3.05, 3.63) is 64.9 Å². The van der Waals surface area contributed by atoms with Crippen molar-refractivity contribution in [1.29, 1.82) is 0 Å². The Balaban J connectivity index is 1.77. The molecule has 22 heavy (non-hydrogen) atoms. The molecule has 0 heterocycles. The molecule has 0 bridgehead atoms. The summed E-state index contributed by atoms with van der Waals surface area (Å²) in [7, 11) is 1.90. The maximum absolute atomic E-state index is 12.8. The van der Waals surface area contributed by atoms with Crippen molar-refractivity contribution in [3.8, 4) is 5.75 Å². The van der Waals surface area contributed by atoms with E-state index in [9.17, 15) is 9.50 Å². The van der Waals surface area contributed by atoms with Gasteiger partial charge < -0.3 is 14.7 Å². The van der Waals surface area contributed by atoms with Gasteiger partial charge in [-0.2, -0.15) is 0 Å². The first kappa shape index (κ1) is 16.7. The molecule has 0 fully saturated rings. The second-order valence-electron chi connectivity index (χ2n) is 5.10. The Bertz CT molecular complexity index is 591. The van der Waals surface area contributed by atoms with Gasteiger partial charge in [-0.05, 0) is 37.4 Å². The maximum atomic E-state index is 12.8. The van der Waals surface area contributed by atoms with E-state index in [0.717, 1.165) is 5.56 Å². The Morgan fingerprint density at radius 2 is 1.86 bits per heavy atom. The van der Waals surface area contributed by atoms with Crippen LogP contribution < -0.4 is 4.74 Å². The van der Waals surface area contributed by atoms with E-state index in [1.165, 1.54) is 12.1 Å². The average Bonchev–Trinajstić information content (AvgIpc) is 2.49. The van der Waals surface area contributed by atoms with Crippen molar-refractivity contribution in [2.24, 2.45) is 0 Å². The zero-order valence-corrected chi connectivity index (χ0v) is 13.1. The van der Waals surface area contributed by atoms with Gasteiger partial charge >= 0.3 is 0 Å². The van der Waals surface area contributed by atoms with Crippen molar-refractivity contribution < 1.29 is 14.2 Å². The van der Waals surface area contributed by atoms with Crippen LogP contribution in [-0.4, -0.2) is 36.8 Å². The molecule has 118 valence electrons. The first-order chi connectivity index (χ1) is 10.6. The fraction of sp³-hybridized carbons (Fsp3) is 0.294. The van der Waals surface area contributed by atoms with Crippen LogP contribution in [-0.2, 0) is 0 Å². The SMILES string of the molecule is CN(CCOc1ccc(F)cc1)C[C@H](O)c1ccccc1Cl. The zero-order valence-electron chi connectivity index (χ0n) is 12.4. The molecule has 2 rings (SSSR count). The molecular formula is C17H19ClFNO2. The highest BCUT2D eigenvalue weighted by Gasteiger charge is 2.13. The lowest BCUT2D eigenvalue weighted by Crippen LogP contribution is -2.29. The number of hydrogen-bond acceptors (Lipinski definition) is 3. The summed E-state index contributed by atoms with van der Waals surface area (Å²) in [6, 6.07) is 13.2. The molecule has 2 aromatic rings. The Morgan fingerprint density at radius 1 is 1.18 bits per heavy atom. The monoisotopic (exact) mass is 323 g/mol. The van der Waals surface area contributed by atoms with Crippen LogP contribution >= 0.6 is 11.6 Å². The lowest BCUT2D eigenvalue weighted by atomic mass is 10.1. The molecule has 0 spiro atoms. The molecule has 0 saturated heterocycles. The van der Waals surface area contributed by atoms with Crippen molar-refractivity contribution in [2.45, 2.75) is 6.10 Å².